The van der Waals surface area contributed by atoms with Crippen molar-refractivity contribution in [2.24, 2.45) is 0 Å². The average molecular weight is 395 g/mol. The topological polar surface area (TPSA) is 97.8 Å². The van der Waals surface area contributed by atoms with Gasteiger partial charge in [-0.3, -0.25) is 19.8 Å². The highest BCUT2D eigenvalue weighted by Crippen LogP contribution is 2.27. The summed E-state index contributed by atoms with van der Waals surface area (Å²) in [5.74, 6) is -0.0465. The third-order valence-electron chi connectivity index (χ3n) is 4.20. The van der Waals surface area contributed by atoms with Crippen molar-refractivity contribution < 1.29 is 27.7 Å². The van der Waals surface area contributed by atoms with Crippen LogP contribution >= 0.6 is 0 Å². The molecule has 1 fully saturated rings. The Hall–Kier alpha value is -3.01. The number of furan rings is 1. The fourth-order valence-electron chi connectivity index (χ4n) is 2.94. The van der Waals surface area contributed by atoms with Crippen LogP contribution in [0, 0.1) is 10.1 Å². The largest absolute Gasteiger partial charge is 0.487 e. The van der Waals surface area contributed by atoms with E-state index in [4.69, 9.17) is 9.15 Å². The second-order valence-corrected chi connectivity index (χ2v) is 6.38. The molecule has 1 aliphatic heterocycles. The Balaban J connectivity index is 1.70. The second-order valence-electron chi connectivity index (χ2n) is 6.38. The van der Waals surface area contributed by atoms with Gasteiger partial charge in [0.15, 0.2) is 5.76 Å². The van der Waals surface area contributed by atoms with Gasteiger partial charge in [-0.05, 0) is 38.1 Å². The summed E-state index contributed by atoms with van der Waals surface area (Å²) in [7, 11) is 0. The molecule has 0 bridgehead atoms. The molecule has 10 heteroatoms. The number of carbonyl (C=O) groups is 1. The van der Waals surface area contributed by atoms with Gasteiger partial charge in [0, 0.05) is 12.1 Å². The quantitative estimate of drug-likeness (QED) is 0.541. The predicted octanol–water partition coefficient (Wildman–Crippen LogP) is 3.68. The van der Waals surface area contributed by atoms with Gasteiger partial charge >= 0.3 is 0 Å². The average Bonchev–Trinajstić information content (AvgIpc) is 3.32. The van der Waals surface area contributed by atoms with E-state index in [9.17, 15) is 23.7 Å². The summed E-state index contributed by atoms with van der Waals surface area (Å²) in [5.41, 5.74) is -0.350. The van der Waals surface area contributed by atoms with Gasteiger partial charge in [0.25, 0.3) is 18.0 Å². The third kappa shape index (κ3) is 5.26. The first-order chi connectivity index (χ1) is 13.4. The molecule has 28 heavy (non-hydrogen) atoms. The number of benzene rings is 1. The van der Waals surface area contributed by atoms with Gasteiger partial charge < -0.3 is 14.5 Å². The molecule has 1 aromatic heterocycles. The minimum Gasteiger partial charge on any atom is -0.487 e. The summed E-state index contributed by atoms with van der Waals surface area (Å²) in [6, 6.07) is 6.59. The highest BCUT2D eigenvalue weighted by atomic mass is 19.3. The van der Waals surface area contributed by atoms with Crippen LogP contribution in [-0.4, -0.2) is 41.9 Å². The number of amides is 1. The number of halogens is 2. The molecule has 0 atom stereocenters. The van der Waals surface area contributed by atoms with Crippen LogP contribution in [0.4, 0.5) is 20.2 Å². The number of alkyl halides is 2. The summed E-state index contributed by atoms with van der Waals surface area (Å²) in [6.07, 6.45) is -0.456. The number of hydrogen-bond acceptors (Lipinski definition) is 6. The lowest BCUT2D eigenvalue weighted by molar-refractivity contribution is -0.384. The molecule has 2 heterocycles. The number of rotatable bonds is 8. The van der Waals surface area contributed by atoms with Gasteiger partial charge in [0.05, 0.1) is 23.2 Å². The standard InChI is InChI=1S/C18H19F2N3O5/c19-17(20)11-27-15-8-12(7-13(9-15)23(25)26)21-18(24)16-4-3-14(28-16)10-22-5-1-2-6-22/h3-4,7-9,17H,1-2,5-6,10-11H2,(H,21,24). The molecule has 1 N–H and O–H groups in total. The molecule has 0 saturated carbocycles. The predicted molar refractivity (Wildman–Crippen MR) is 95.8 cm³/mol. The van der Waals surface area contributed by atoms with Crippen LogP contribution in [0.15, 0.2) is 34.7 Å². The molecule has 0 spiro atoms. The van der Waals surface area contributed by atoms with Crippen molar-refractivity contribution >= 4 is 17.3 Å². The van der Waals surface area contributed by atoms with Gasteiger partial charge in [-0.2, -0.15) is 0 Å². The molecule has 150 valence electrons. The lowest BCUT2D eigenvalue weighted by Gasteiger charge is -2.11. The maximum absolute atomic E-state index is 12.4. The number of anilines is 1. The first kappa shape index (κ1) is 19.7. The van der Waals surface area contributed by atoms with Crippen molar-refractivity contribution in [1.82, 2.24) is 4.90 Å². The van der Waals surface area contributed by atoms with Crippen molar-refractivity contribution in [3.8, 4) is 5.75 Å². The van der Waals surface area contributed by atoms with Crippen LogP contribution in [-0.2, 0) is 6.54 Å². The second kappa shape index (κ2) is 8.79. The molecule has 1 amide bonds. The van der Waals surface area contributed by atoms with E-state index in [2.05, 4.69) is 10.2 Å². The Morgan fingerprint density at radius 3 is 2.71 bits per heavy atom. The van der Waals surface area contributed by atoms with Crippen molar-refractivity contribution in [1.29, 1.82) is 0 Å². The first-order valence-corrected chi connectivity index (χ1v) is 8.73. The minimum atomic E-state index is -2.73. The number of nitrogens with zero attached hydrogens (tertiary/aromatic N) is 2. The molecule has 1 aliphatic rings. The van der Waals surface area contributed by atoms with Crippen LogP contribution in [0.3, 0.4) is 0 Å². The van der Waals surface area contributed by atoms with Crippen molar-refractivity contribution in [3.63, 3.8) is 0 Å². The van der Waals surface area contributed by atoms with Crippen LogP contribution in [0.2, 0.25) is 0 Å². The number of nitrogens with one attached hydrogen (secondary N) is 1. The molecule has 0 aliphatic carbocycles. The molecule has 1 saturated heterocycles. The van der Waals surface area contributed by atoms with Crippen molar-refractivity contribution in [2.75, 3.05) is 25.0 Å². The molecule has 0 unspecified atom stereocenters. The van der Waals surface area contributed by atoms with E-state index in [1.807, 2.05) is 0 Å². The van der Waals surface area contributed by atoms with E-state index in [1.165, 1.54) is 12.1 Å². The number of nitro benzene ring substituents is 1. The van der Waals surface area contributed by atoms with E-state index >= 15 is 0 Å². The molecule has 2 aromatic rings. The molecule has 3 rings (SSSR count). The molecule has 0 radical (unpaired) electrons. The van der Waals surface area contributed by atoms with E-state index in [1.54, 1.807) is 6.07 Å². The maximum atomic E-state index is 12.4. The summed E-state index contributed by atoms with van der Waals surface area (Å²) in [4.78, 5) is 24.9. The highest BCUT2D eigenvalue weighted by Gasteiger charge is 2.18. The zero-order valence-corrected chi connectivity index (χ0v) is 14.9. The summed E-state index contributed by atoms with van der Waals surface area (Å²) >= 11 is 0. The lowest BCUT2D eigenvalue weighted by atomic mass is 10.2. The van der Waals surface area contributed by atoms with Crippen molar-refractivity contribution in [2.45, 2.75) is 25.8 Å². The van der Waals surface area contributed by atoms with Crippen LogP contribution < -0.4 is 10.1 Å². The molecular weight excluding hydrogens is 376 g/mol. The SMILES string of the molecule is O=C(Nc1cc(OCC(F)F)cc([N+](=O)[O-])c1)c1ccc(CN2CCCC2)o1. The van der Waals surface area contributed by atoms with Gasteiger partial charge in [-0.1, -0.05) is 0 Å². The Bertz CT molecular complexity index is 849. The van der Waals surface area contributed by atoms with Crippen molar-refractivity contribution in [3.05, 3.63) is 52.0 Å². The summed E-state index contributed by atoms with van der Waals surface area (Å²) < 4.78 is 35.0. The third-order valence-corrected chi connectivity index (χ3v) is 4.20. The first-order valence-electron chi connectivity index (χ1n) is 8.73. The number of nitro groups is 1. The number of non-ortho nitro benzene ring substituents is 1. The smallest absolute Gasteiger partial charge is 0.291 e. The fraction of sp³-hybridized carbons (Fsp3) is 0.389. The van der Waals surface area contributed by atoms with Gasteiger partial charge in [-0.15, -0.1) is 0 Å². The number of carbonyl (C=O) groups excluding carboxylic acids is 1. The monoisotopic (exact) mass is 395 g/mol. The van der Waals surface area contributed by atoms with E-state index in [0.717, 1.165) is 38.1 Å². The van der Waals surface area contributed by atoms with Crippen LogP contribution in [0.5, 0.6) is 5.75 Å². The lowest BCUT2D eigenvalue weighted by Crippen LogP contribution is -2.18. The molecule has 8 nitrogen and oxygen atoms in total. The fourth-order valence-corrected chi connectivity index (χ4v) is 2.94. The molecular formula is C18H19F2N3O5. The Morgan fingerprint density at radius 1 is 1.29 bits per heavy atom. The zero-order chi connectivity index (χ0) is 20.1. The Morgan fingerprint density at radius 2 is 2.04 bits per heavy atom. The Kier molecular flexibility index (Phi) is 6.19. The normalized spacial score (nSPS) is 14.4. The molecule has 1 aromatic carbocycles. The van der Waals surface area contributed by atoms with E-state index < -0.39 is 29.6 Å². The zero-order valence-electron chi connectivity index (χ0n) is 14.9. The number of hydrogen-bond donors (Lipinski definition) is 1. The van der Waals surface area contributed by atoms with Gasteiger partial charge in [0.1, 0.15) is 18.1 Å². The van der Waals surface area contributed by atoms with E-state index in [0.29, 0.717) is 12.3 Å². The number of ether oxygens (including phenoxy) is 1. The maximum Gasteiger partial charge on any atom is 0.291 e. The van der Waals surface area contributed by atoms with E-state index in [-0.39, 0.29) is 17.2 Å². The van der Waals surface area contributed by atoms with Crippen LogP contribution in [0.25, 0.3) is 0 Å². The van der Waals surface area contributed by atoms with Gasteiger partial charge in [0.2, 0.25) is 0 Å². The minimum absolute atomic E-state index is 0.0426. The number of likely N-dealkylation sites (tertiary alicyclic amines) is 1. The summed E-state index contributed by atoms with van der Waals surface area (Å²) in [6.45, 7) is 1.66. The van der Waals surface area contributed by atoms with Gasteiger partial charge in [-0.25, -0.2) is 8.78 Å². The highest BCUT2D eigenvalue weighted by molar-refractivity contribution is 6.02. The Labute approximate surface area is 159 Å². The van der Waals surface area contributed by atoms with Crippen LogP contribution in [0.1, 0.15) is 29.2 Å². The summed E-state index contributed by atoms with van der Waals surface area (Å²) in [5, 5.41) is 13.5.